The minimum atomic E-state index is -0.836. The number of hydrogen-bond acceptors (Lipinski definition) is 3. The van der Waals surface area contributed by atoms with E-state index in [0.717, 1.165) is 16.7 Å². The summed E-state index contributed by atoms with van der Waals surface area (Å²) in [5.41, 5.74) is 3.69. The molecule has 1 heterocycles. The molecule has 2 aromatic carbocycles. The van der Waals surface area contributed by atoms with Gasteiger partial charge in [0.25, 0.3) is 0 Å². The second-order valence-corrected chi connectivity index (χ2v) is 7.14. The Balaban J connectivity index is 1.62. The van der Waals surface area contributed by atoms with Gasteiger partial charge in [-0.3, -0.25) is 14.4 Å². The first-order chi connectivity index (χ1) is 13.4. The van der Waals surface area contributed by atoms with Crippen molar-refractivity contribution in [3.8, 4) is 0 Å². The molecule has 0 bridgehead atoms. The smallest absolute Gasteiger partial charge is 0.303 e. The number of anilines is 1. The monoisotopic (exact) mass is 380 g/mol. The molecule has 0 aliphatic carbocycles. The van der Waals surface area contributed by atoms with Gasteiger partial charge in [0.1, 0.15) is 6.04 Å². The van der Waals surface area contributed by atoms with E-state index in [1.165, 1.54) is 0 Å². The normalized spacial score (nSPS) is 16.2. The number of hydrogen-bond donors (Lipinski definition) is 2. The minimum Gasteiger partial charge on any atom is -0.481 e. The van der Waals surface area contributed by atoms with E-state index in [9.17, 15) is 14.4 Å². The summed E-state index contributed by atoms with van der Waals surface area (Å²) in [6, 6.07) is 14.6. The number of benzene rings is 2. The number of likely N-dealkylation sites (tertiary alicyclic amines) is 1. The SMILES string of the molecule is Cc1ccc(CN2C(=O)CCC2C(=O)Nc2ccc(CCC(=O)O)cc2)cc1. The van der Waals surface area contributed by atoms with Gasteiger partial charge < -0.3 is 15.3 Å². The zero-order chi connectivity index (χ0) is 20.1. The first kappa shape index (κ1) is 19.6. The van der Waals surface area contributed by atoms with Crippen LogP contribution in [-0.2, 0) is 27.3 Å². The van der Waals surface area contributed by atoms with Gasteiger partial charge in [0.15, 0.2) is 0 Å². The van der Waals surface area contributed by atoms with Crippen LogP contribution in [0.15, 0.2) is 48.5 Å². The molecular formula is C22H24N2O4. The highest BCUT2D eigenvalue weighted by Crippen LogP contribution is 2.23. The highest BCUT2D eigenvalue weighted by Gasteiger charge is 2.35. The maximum atomic E-state index is 12.7. The van der Waals surface area contributed by atoms with Crippen molar-refractivity contribution in [1.29, 1.82) is 0 Å². The summed E-state index contributed by atoms with van der Waals surface area (Å²) in [5, 5.41) is 11.6. The minimum absolute atomic E-state index is 0.00950. The number of rotatable bonds is 7. The van der Waals surface area contributed by atoms with Gasteiger partial charge >= 0.3 is 5.97 Å². The number of aliphatic carboxylic acids is 1. The van der Waals surface area contributed by atoms with Gasteiger partial charge in [-0.1, -0.05) is 42.0 Å². The van der Waals surface area contributed by atoms with E-state index in [0.29, 0.717) is 31.5 Å². The molecule has 146 valence electrons. The average molecular weight is 380 g/mol. The molecule has 1 fully saturated rings. The lowest BCUT2D eigenvalue weighted by Gasteiger charge is -2.24. The second-order valence-electron chi connectivity index (χ2n) is 7.14. The maximum Gasteiger partial charge on any atom is 0.303 e. The molecule has 0 aromatic heterocycles. The van der Waals surface area contributed by atoms with Crippen molar-refractivity contribution in [2.24, 2.45) is 0 Å². The maximum absolute atomic E-state index is 12.7. The molecule has 1 unspecified atom stereocenters. The molecule has 2 N–H and O–H groups in total. The van der Waals surface area contributed by atoms with Gasteiger partial charge in [-0.05, 0) is 43.0 Å². The summed E-state index contributed by atoms with van der Waals surface area (Å²) in [6.07, 6.45) is 1.40. The van der Waals surface area contributed by atoms with Crippen LogP contribution in [0.1, 0.15) is 36.0 Å². The predicted octanol–water partition coefficient (Wildman–Crippen LogP) is 3.14. The number of carbonyl (C=O) groups is 3. The van der Waals surface area contributed by atoms with Crippen LogP contribution < -0.4 is 5.32 Å². The van der Waals surface area contributed by atoms with Crippen LogP contribution in [0.4, 0.5) is 5.69 Å². The number of carboxylic acids is 1. The second kappa shape index (κ2) is 8.69. The highest BCUT2D eigenvalue weighted by atomic mass is 16.4. The van der Waals surface area contributed by atoms with E-state index in [1.807, 2.05) is 43.3 Å². The Morgan fingerprint density at radius 2 is 1.71 bits per heavy atom. The van der Waals surface area contributed by atoms with E-state index < -0.39 is 12.0 Å². The summed E-state index contributed by atoms with van der Waals surface area (Å²) in [4.78, 5) is 37.3. The number of carboxylic acid groups (broad SMARTS) is 1. The number of aryl methyl sites for hydroxylation is 2. The van der Waals surface area contributed by atoms with Crippen molar-refractivity contribution in [3.05, 3.63) is 65.2 Å². The van der Waals surface area contributed by atoms with Crippen molar-refractivity contribution in [1.82, 2.24) is 4.90 Å². The quantitative estimate of drug-likeness (QED) is 0.773. The van der Waals surface area contributed by atoms with Crippen LogP contribution in [0.25, 0.3) is 0 Å². The Kier molecular flexibility index (Phi) is 6.09. The first-order valence-corrected chi connectivity index (χ1v) is 9.39. The van der Waals surface area contributed by atoms with Crippen molar-refractivity contribution in [2.45, 2.75) is 45.2 Å². The molecule has 3 rings (SSSR count). The topological polar surface area (TPSA) is 86.7 Å². The van der Waals surface area contributed by atoms with Crippen LogP contribution in [-0.4, -0.2) is 33.8 Å². The molecule has 0 radical (unpaired) electrons. The largest absolute Gasteiger partial charge is 0.481 e. The fourth-order valence-corrected chi connectivity index (χ4v) is 3.33. The van der Waals surface area contributed by atoms with Gasteiger partial charge in [0, 0.05) is 25.1 Å². The summed E-state index contributed by atoms with van der Waals surface area (Å²) >= 11 is 0. The standard InChI is InChI=1S/C22H24N2O4/c1-15-2-4-17(5-3-15)14-24-19(11-12-20(24)25)22(28)23-18-9-6-16(7-10-18)8-13-21(26)27/h2-7,9-10,19H,8,11-14H2,1H3,(H,23,28)(H,26,27). The lowest BCUT2D eigenvalue weighted by atomic mass is 10.1. The van der Waals surface area contributed by atoms with E-state index in [4.69, 9.17) is 5.11 Å². The molecular weight excluding hydrogens is 356 g/mol. The lowest BCUT2D eigenvalue weighted by Crippen LogP contribution is -2.41. The third-order valence-corrected chi connectivity index (χ3v) is 4.95. The van der Waals surface area contributed by atoms with Gasteiger partial charge in [0.2, 0.25) is 11.8 Å². The van der Waals surface area contributed by atoms with Gasteiger partial charge in [0.05, 0.1) is 0 Å². The molecule has 28 heavy (non-hydrogen) atoms. The van der Waals surface area contributed by atoms with Crippen LogP contribution in [0, 0.1) is 6.92 Å². The first-order valence-electron chi connectivity index (χ1n) is 9.39. The fourth-order valence-electron chi connectivity index (χ4n) is 3.33. The zero-order valence-corrected chi connectivity index (χ0v) is 15.9. The molecule has 2 amide bonds. The Morgan fingerprint density at radius 1 is 1.07 bits per heavy atom. The van der Waals surface area contributed by atoms with Crippen molar-refractivity contribution >= 4 is 23.5 Å². The molecule has 0 saturated carbocycles. The summed E-state index contributed by atoms with van der Waals surface area (Å²) in [7, 11) is 0. The van der Waals surface area contributed by atoms with E-state index >= 15 is 0 Å². The molecule has 2 aromatic rings. The number of carbonyl (C=O) groups excluding carboxylic acids is 2. The van der Waals surface area contributed by atoms with Crippen molar-refractivity contribution in [3.63, 3.8) is 0 Å². The van der Waals surface area contributed by atoms with Crippen LogP contribution in [0.3, 0.4) is 0 Å². The summed E-state index contributed by atoms with van der Waals surface area (Å²) < 4.78 is 0. The molecule has 6 heteroatoms. The Labute approximate surface area is 164 Å². The van der Waals surface area contributed by atoms with E-state index in [1.54, 1.807) is 17.0 Å². The Hall–Kier alpha value is -3.15. The fraction of sp³-hybridized carbons (Fsp3) is 0.318. The third-order valence-electron chi connectivity index (χ3n) is 4.95. The number of amides is 2. The van der Waals surface area contributed by atoms with E-state index in [-0.39, 0.29) is 18.2 Å². The molecule has 0 spiro atoms. The molecule has 1 aliphatic heterocycles. The summed E-state index contributed by atoms with van der Waals surface area (Å²) in [6.45, 7) is 2.43. The number of nitrogens with one attached hydrogen (secondary N) is 1. The third kappa shape index (κ3) is 4.97. The van der Waals surface area contributed by atoms with Gasteiger partial charge in [-0.2, -0.15) is 0 Å². The molecule has 1 saturated heterocycles. The van der Waals surface area contributed by atoms with Crippen LogP contribution >= 0.6 is 0 Å². The van der Waals surface area contributed by atoms with Crippen LogP contribution in [0.2, 0.25) is 0 Å². The van der Waals surface area contributed by atoms with Crippen LogP contribution in [0.5, 0.6) is 0 Å². The average Bonchev–Trinajstić information content (AvgIpc) is 3.03. The highest BCUT2D eigenvalue weighted by molar-refractivity contribution is 5.99. The molecule has 6 nitrogen and oxygen atoms in total. The van der Waals surface area contributed by atoms with Gasteiger partial charge in [-0.25, -0.2) is 0 Å². The predicted molar refractivity (Wildman–Crippen MR) is 106 cm³/mol. The van der Waals surface area contributed by atoms with Gasteiger partial charge in [-0.15, -0.1) is 0 Å². The Morgan fingerprint density at radius 3 is 2.36 bits per heavy atom. The van der Waals surface area contributed by atoms with Crippen molar-refractivity contribution < 1.29 is 19.5 Å². The summed E-state index contributed by atoms with van der Waals surface area (Å²) in [5.74, 6) is -1.04. The lowest BCUT2D eigenvalue weighted by molar-refractivity contribution is -0.137. The molecule has 1 atom stereocenters. The van der Waals surface area contributed by atoms with E-state index in [2.05, 4.69) is 5.32 Å². The van der Waals surface area contributed by atoms with Crippen molar-refractivity contribution in [2.75, 3.05) is 5.32 Å². The number of nitrogens with zero attached hydrogens (tertiary/aromatic N) is 1. The zero-order valence-electron chi connectivity index (χ0n) is 15.9. The molecule has 1 aliphatic rings. The Bertz CT molecular complexity index is 859.